The fourth-order valence-corrected chi connectivity index (χ4v) is 5.86. The number of aromatic amines is 1. The Morgan fingerprint density at radius 3 is 2.24 bits per heavy atom. The minimum Gasteiger partial charge on any atom is -0.343 e. The first-order valence-electron chi connectivity index (χ1n) is 14.0. The summed E-state index contributed by atoms with van der Waals surface area (Å²) in [6.45, 7) is 6.79. The fourth-order valence-electron chi connectivity index (χ4n) is 5.86. The maximum atomic E-state index is 13.6. The minimum atomic E-state index is -0.0169. The number of piperidine rings is 2. The first kappa shape index (κ1) is 26.2. The normalized spacial score (nSPS) is 17.4. The number of likely N-dealkylation sites (tertiary alicyclic amines) is 2. The van der Waals surface area contributed by atoms with Crippen molar-refractivity contribution in [2.75, 3.05) is 44.2 Å². The minimum absolute atomic E-state index is 0.0169. The van der Waals surface area contributed by atoms with Gasteiger partial charge < -0.3 is 14.7 Å². The third-order valence-electron chi connectivity index (χ3n) is 8.17. The smallest absolute Gasteiger partial charge is 0.230 e. The molecule has 200 valence electrons. The van der Waals surface area contributed by atoms with Gasteiger partial charge in [-0.2, -0.15) is 5.10 Å². The number of benzene rings is 2. The van der Waals surface area contributed by atoms with Gasteiger partial charge in [0.2, 0.25) is 11.8 Å². The SMILES string of the molecule is CC(=O)N1CCC(C(=O)N(CCCN2CCC(c3cc(-c4ccccc4)n[nH]3)CC2)c2ccccc2)CC1. The number of hydrogen-bond donors (Lipinski definition) is 1. The number of para-hydroxylation sites is 1. The van der Waals surface area contributed by atoms with Crippen LogP contribution in [-0.4, -0.2) is 71.1 Å². The highest BCUT2D eigenvalue weighted by Crippen LogP contribution is 2.30. The van der Waals surface area contributed by atoms with E-state index in [0.29, 0.717) is 19.0 Å². The van der Waals surface area contributed by atoms with Gasteiger partial charge in [0.05, 0.1) is 5.69 Å². The summed E-state index contributed by atoms with van der Waals surface area (Å²) in [6.07, 6.45) is 4.67. The van der Waals surface area contributed by atoms with E-state index in [4.69, 9.17) is 0 Å². The number of aromatic nitrogens is 2. The van der Waals surface area contributed by atoms with Crippen molar-refractivity contribution in [3.8, 4) is 11.3 Å². The predicted octanol–water partition coefficient (Wildman–Crippen LogP) is 4.94. The third kappa shape index (κ3) is 6.33. The van der Waals surface area contributed by atoms with E-state index in [1.807, 2.05) is 58.3 Å². The Bertz CT molecular complexity index is 1180. The summed E-state index contributed by atoms with van der Waals surface area (Å²) in [4.78, 5) is 31.6. The second-order valence-electron chi connectivity index (χ2n) is 10.6. The summed E-state index contributed by atoms with van der Waals surface area (Å²) in [7, 11) is 0. The molecule has 2 aliphatic heterocycles. The number of nitrogens with one attached hydrogen (secondary N) is 1. The van der Waals surface area contributed by atoms with Crippen LogP contribution in [0.3, 0.4) is 0 Å². The van der Waals surface area contributed by atoms with Gasteiger partial charge in [0.15, 0.2) is 0 Å². The van der Waals surface area contributed by atoms with Gasteiger partial charge in [0.25, 0.3) is 0 Å². The zero-order chi connectivity index (χ0) is 26.3. The number of hydrogen-bond acceptors (Lipinski definition) is 4. The number of carbonyl (C=O) groups is 2. The zero-order valence-electron chi connectivity index (χ0n) is 22.4. The Labute approximate surface area is 225 Å². The van der Waals surface area contributed by atoms with Gasteiger partial charge in [-0.05, 0) is 69.9 Å². The molecule has 7 heteroatoms. The molecule has 2 amide bonds. The van der Waals surface area contributed by atoms with Gasteiger partial charge in [0.1, 0.15) is 0 Å². The molecule has 0 aliphatic carbocycles. The standard InChI is InChI=1S/C31H39N5O2/c1-24(37)35-21-15-27(16-22-35)31(38)36(28-11-6-3-7-12-28)18-8-17-34-19-13-26(14-20-34)30-23-29(32-33-30)25-9-4-2-5-10-25/h2-7,9-12,23,26-27H,8,13-22H2,1H3,(H,32,33). The van der Waals surface area contributed by atoms with Crippen LogP contribution in [0.1, 0.15) is 50.6 Å². The maximum absolute atomic E-state index is 13.6. The molecule has 2 aliphatic rings. The molecule has 0 unspecified atom stereocenters. The second-order valence-corrected chi connectivity index (χ2v) is 10.6. The molecule has 0 bridgehead atoms. The van der Waals surface area contributed by atoms with Gasteiger partial charge in [-0.3, -0.25) is 14.7 Å². The number of nitrogens with zero attached hydrogens (tertiary/aromatic N) is 4. The highest BCUT2D eigenvalue weighted by atomic mass is 16.2. The van der Waals surface area contributed by atoms with E-state index in [9.17, 15) is 9.59 Å². The average Bonchev–Trinajstić information content (AvgIpc) is 3.47. The quantitative estimate of drug-likeness (QED) is 0.463. The lowest BCUT2D eigenvalue weighted by atomic mass is 9.93. The van der Waals surface area contributed by atoms with Crippen LogP contribution in [0.4, 0.5) is 5.69 Å². The van der Waals surface area contributed by atoms with Crippen LogP contribution in [0.5, 0.6) is 0 Å². The molecule has 7 nitrogen and oxygen atoms in total. The Balaban J connectivity index is 1.12. The lowest BCUT2D eigenvalue weighted by molar-refractivity contribution is -0.133. The van der Waals surface area contributed by atoms with E-state index in [0.717, 1.165) is 75.2 Å². The summed E-state index contributed by atoms with van der Waals surface area (Å²) in [5.41, 5.74) is 4.37. The third-order valence-corrected chi connectivity index (χ3v) is 8.17. The van der Waals surface area contributed by atoms with Crippen molar-refractivity contribution in [3.63, 3.8) is 0 Å². The van der Waals surface area contributed by atoms with Crippen LogP contribution >= 0.6 is 0 Å². The topological polar surface area (TPSA) is 72.5 Å². The summed E-state index contributed by atoms with van der Waals surface area (Å²) >= 11 is 0. The van der Waals surface area contributed by atoms with E-state index >= 15 is 0 Å². The highest BCUT2D eigenvalue weighted by molar-refractivity contribution is 5.95. The molecule has 2 aromatic carbocycles. The summed E-state index contributed by atoms with van der Waals surface area (Å²) in [5.74, 6) is 0.798. The van der Waals surface area contributed by atoms with E-state index in [-0.39, 0.29) is 17.7 Å². The number of H-pyrrole nitrogens is 1. The highest BCUT2D eigenvalue weighted by Gasteiger charge is 2.30. The second kappa shape index (κ2) is 12.4. The molecule has 0 spiro atoms. The monoisotopic (exact) mass is 513 g/mol. The number of anilines is 1. The van der Waals surface area contributed by atoms with Crippen LogP contribution < -0.4 is 4.90 Å². The van der Waals surface area contributed by atoms with Crippen molar-refractivity contribution in [1.29, 1.82) is 0 Å². The number of amides is 2. The Hall–Kier alpha value is -3.45. The molecule has 3 aromatic rings. The molecular weight excluding hydrogens is 474 g/mol. The zero-order valence-corrected chi connectivity index (χ0v) is 22.4. The van der Waals surface area contributed by atoms with E-state index in [1.165, 1.54) is 5.69 Å². The molecule has 3 heterocycles. The lowest BCUT2D eigenvalue weighted by Crippen LogP contribution is -2.44. The predicted molar refractivity (Wildman–Crippen MR) is 151 cm³/mol. The van der Waals surface area contributed by atoms with Crippen molar-refractivity contribution in [2.45, 2.75) is 44.9 Å². The largest absolute Gasteiger partial charge is 0.343 e. The van der Waals surface area contributed by atoms with E-state index in [1.54, 1.807) is 6.92 Å². The van der Waals surface area contributed by atoms with Crippen molar-refractivity contribution >= 4 is 17.5 Å². The van der Waals surface area contributed by atoms with E-state index in [2.05, 4.69) is 33.3 Å². The van der Waals surface area contributed by atoms with Crippen molar-refractivity contribution < 1.29 is 9.59 Å². The molecular formula is C31H39N5O2. The van der Waals surface area contributed by atoms with Crippen LogP contribution in [0, 0.1) is 5.92 Å². The fraction of sp³-hybridized carbons (Fsp3) is 0.452. The van der Waals surface area contributed by atoms with Gasteiger partial charge in [-0.1, -0.05) is 48.5 Å². The molecule has 38 heavy (non-hydrogen) atoms. The maximum Gasteiger partial charge on any atom is 0.230 e. The Morgan fingerprint density at radius 2 is 1.58 bits per heavy atom. The van der Waals surface area contributed by atoms with Crippen molar-refractivity contribution in [1.82, 2.24) is 20.0 Å². The van der Waals surface area contributed by atoms with Crippen molar-refractivity contribution in [3.05, 3.63) is 72.4 Å². The first-order chi connectivity index (χ1) is 18.6. The molecule has 5 rings (SSSR count). The molecule has 0 radical (unpaired) electrons. The summed E-state index contributed by atoms with van der Waals surface area (Å²) in [6, 6.07) is 22.6. The van der Waals surface area contributed by atoms with Gasteiger partial charge in [-0.15, -0.1) is 0 Å². The van der Waals surface area contributed by atoms with Crippen LogP contribution in [0.2, 0.25) is 0 Å². The average molecular weight is 514 g/mol. The number of carbonyl (C=O) groups excluding carboxylic acids is 2. The van der Waals surface area contributed by atoms with Crippen LogP contribution in [-0.2, 0) is 9.59 Å². The molecule has 0 saturated carbocycles. The Morgan fingerprint density at radius 1 is 0.921 bits per heavy atom. The van der Waals surface area contributed by atoms with E-state index < -0.39 is 0 Å². The summed E-state index contributed by atoms with van der Waals surface area (Å²) in [5, 5.41) is 7.83. The Kier molecular flexibility index (Phi) is 8.54. The molecule has 1 N–H and O–H groups in total. The van der Waals surface area contributed by atoms with Crippen LogP contribution in [0.15, 0.2) is 66.7 Å². The van der Waals surface area contributed by atoms with Gasteiger partial charge in [0, 0.05) is 55.3 Å². The molecule has 0 atom stereocenters. The van der Waals surface area contributed by atoms with Gasteiger partial charge >= 0.3 is 0 Å². The van der Waals surface area contributed by atoms with Crippen LogP contribution in [0.25, 0.3) is 11.3 Å². The number of rotatable bonds is 8. The first-order valence-corrected chi connectivity index (χ1v) is 14.0. The molecule has 2 fully saturated rings. The molecule has 1 aromatic heterocycles. The molecule has 2 saturated heterocycles. The van der Waals surface area contributed by atoms with Gasteiger partial charge in [-0.25, -0.2) is 0 Å². The summed E-state index contributed by atoms with van der Waals surface area (Å²) < 4.78 is 0. The van der Waals surface area contributed by atoms with Crippen molar-refractivity contribution in [2.24, 2.45) is 5.92 Å². The lowest BCUT2D eigenvalue weighted by Gasteiger charge is -2.35.